The third kappa shape index (κ3) is 5.79. The molecule has 0 fully saturated rings. The van der Waals surface area contributed by atoms with Gasteiger partial charge in [0.25, 0.3) is 0 Å². The van der Waals surface area contributed by atoms with E-state index in [9.17, 15) is 14.5 Å². The number of carboxylic acids is 1. The second-order valence-corrected chi connectivity index (χ2v) is 9.67. The van der Waals surface area contributed by atoms with Crippen LogP contribution in [0, 0.1) is 5.92 Å². The summed E-state index contributed by atoms with van der Waals surface area (Å²) in [5.41, 5.74) is 6.92. The molecule has 2 aromatic heterocycles. The van der Waals surface area contributed by atoms with E-state index in [0.717, 1.165) is 0 Å². The van der Waals surface area contributed by atoms with Gasteiger partial charge in [0.15, 0.2) is 11.2 Å². The van der Waals surface area contributed by atoms with Crippen LogP contribution in [-0.4, -0.2) is 49.9 Å². The van der Waals surface area contributed by atoms with Gasteiger partial charge in [0, 0.05) is 5.92 Å². The van der Waals surface area contributed by atoms with Crippen molar-refractivity contribution in [1.82, 2.24) is 24.6 Å². The molecule has 2 heterocycles. The van der Waals surface area contributed by atoms with Crippen LogP contribution in [0.25, 0.3) is 11.2 Å². The summed E-state index contributed by atoms with van der Waals surface area (Å²) < 4.78 is 32.0. The number of para-hydroxylation sites is 1. The van der Waals surface area contributed by atoms with Crippen molar-refractivity contribution < 1.29 is 28.3 Å². The lowest BCUT2D eigenvalue weighted by Gasteiger charge is -2.23. The Hall–Kier alpha value is -3.47. The minimum atomic E-state index is -3.98. The van der Waals surface area contributed by atoms with Crippen LogP contribution in [0.4, 0.5) is 5.95 Å². The Labute approximate surface area is 201 Å². The molecule has 0 saturated heterocycles. The molecule has 1 aliphatic carbocycles. The highest BCUT2D eigenvalue weighted by Crippen LogP contribution is 2.46. The quantitative estimate of drug-likeness (QED) is 0.260. The number of anilines is 1. The van der Waals surface area contributed by atoms with Crippen molar-refractivity contribution in [2.24, 2.45) is 5.92 Å². The van der Waals surface area contributed by atoms with E-state index in [-0.39, 0.29) is 24.5 Å². The zero-order valence-corrected chi connectivity index (χ0v) is 20.2. The van der Waals surface area contributed by atoms with Crippen molar-refractivity contribution >= 4 is 30.8 Å². The number of hydrogen-bond acceptors (Lipinski definition) is 9. The average molecular weight is 502 g/mol. The van der Waals surface area contributed by atoms with Crippen molar-refractivity contribution in [3.8, 4) is 11.6 Å². The van der Waals surface area contributed by atoms with Gasteiger partial charge in [-0.3, -0.25) is 9.32 Å². The number of nitrogens with zero attached hydrogens (tertiary/aromatic N) is 4. The molecule has 3 aromatic rings. The number of nitrogen functional groups attached to an aromatic ring is 1. The largest absolute Gasteiger partial charge is 0.480 e. The van der Waals surface area contributed by atoms with E-state index in [2.05, 4.69) is 20.0 Å². The number of imidazole rings is 1. The Kier molecular flexibility index (Phi) is 7.34. The molecule has 0 unspecified atom stereocenters. The number of carboxylic acid groups (broad SMARTS) is 1. The Morgan fingerprint density at radius 1 is 1.31 bits per heavy atom. The molecule has 0 bridgehead atoms. The summed E-state index contributed by atoms with van der Waals surface area (Å²) in [6.45, 7) is 3.68. The van der Waals surface area contributed by atoms with Gasteiger partial charge in [-0.1, -0.05) is 30.4 Å². The highest BCUT2D eigenvalue weighted by atomic mass is 31.2. The number of nitrogens with two attached hydrogens (primary N) is 1. The third-order valence-electron chi connectivity index (χ3n) is 5.34. The molecule has 13 heteroatoms. The highest BCUT2D eigenvalue weighted by molar-refractivity contribution is 7.52. The van der Waals surface area contributed by atoms with Crippen LogP contribution in [-0.2, 0) is 13.9 Å². The van der Waals surface area contributed by atoms with E-state index >= 15 is 0 Å². The highest BCUT2D eigenvalue weighted by Gasteiger charge is 2.33. The minimum Gasteiger partial charge on any atom is -0.480 e. The molecule has 0 aliphatic heterocycles. The van der Waals surface area contributed by atoms with Crippen molar-refractivity contribution in [1.29, 1.82) is 0 Å². The maximum absolute atomic E-state index is 13.4. The van der Waals surface area contributed by atoms with Gasteiger partial charge in [-0.25, -0.2) is 9.55 Å². The lowest BCUT2D eigenvalue weighted by Crippen LogP contribution is -2.33. The number of carbonyl (C=O) groups is 1. The zero-order valence-electron chi connectivity index (χ0n) is 19.3. The average Bonchev–Trinajstić information content (AvgIpc) is 3.45. The molecule has 0 radical (unpaired) electrons. The molecule has 4 atom stereocenters. The number of allylic oxidation sites excluding steroid dienone is 1. The second-order valence-electron chi connectivity index (χ2n) is 7.98. The van der Waals surface area contributed by atoms with E-state index in [1.54, 1.807) is 36.7 Å². The van der Waals surface area contributed by atoms with Crippen LogP contribution in [0.15, 0.2) is 48.8 Å². The van der Waals surface area contributed by atoms with Gasteiger partial charge >= 0.3 is 13.7 Å². The molecule has 1 aromatic carbocycles. The standard InChI is InChI=1S/C22H27N6O6P/c1-3-32-20-18-19(25-22(23)26-20)28(13-24-18)16-10-9-15(11-16)12-33-35(31,27-14(2)21(29)30)34-17-7-5-4-6-8-17/h4-10,13-16H,3,11-12H2,1-2H3,(H,27,31)(H,29,30)(H2,23,25,26)/t14-,15+,16-,35+/m0/s1. The van der Waals surface area contributed by atoms with Crippen LogP contribution in [0.2, 0.25) is 0 Å². The van der Waals surface area contributed by atoms with Gasteiger partial charge < -0.3 is 24.7 Å². The predicted octanol–water partition coefficient (Wildman–Crippen LogP) is 3.19. The maximum Gasteiger partial charge on any atom is 0.459 e. The van der Waals surface area contributed by atoms with Gasteiger partial charge in [0.2, 0.25) is 11.8 Å². The number of aromatic nitrogens is 4. The van der Waals surface area contributed by atoms with E-state index in [1.165, 1.54) is 6.92 Å². The first-order chi connectivity index (χ1) is 16.8. The third-order valence-corrected chi connectivity index (χ3v) is 6.99. The topological polar surface area (TPSA) is 164 Å². The molecule has 0 amide bonds. The number of fused-ring (bicyclic) bond motifs is 1. The summed E-state index contributed by atoms with van der Waals surface area (Å²) in [5.74, 6) is -0.577. The summed E-state index contributed by atoms with van der Waals surface area (Å²) in [6, 6.07) is 7.20. The predicted molar refractivity (Wildman–Crippen MR) is 128 cm³/mol. The first-order valence-electron chi connectivity index (χ1n) is 11.1. The first kappa shape index (κ1) is 24.6. The van der Waals surface area contributed by atoms with E-state index < -0.39 is 19.8 Å². The zero-order chi connectivity index (χ0) is 25.0. The Balaban J connectivity index is 1.46. The lowest BCUT2D eigenvalue weighted by molar-refractivity contribution is -0.138. The number of rotatable bonds is 11. The molecular formula is C22H27N6O6P. The van der Waals surface area contributed by atoms with Crippen LogP contribution in [0.3, 0.4) is 0 Å². The molecule has 12 nitrogen and oxygen atoms in total. The number of nitrogens with one attached hydrogen (secondary N) is 1. The smallest absolute Gasteiger partial charge is 0.459 e. The fourth-order valence-corrected chi connectivity index (χ4v) is 5.22. The van der Waals surface area contributed by atoms with Crippen LogP contribution in [0.5, 0.6) is 11.6 Å². The van der Waals surface area contributed by atoms with Crippen molar-refractivity contribution in [2.45, 2.75) is 32.4 Å². The molecule has 4 N–H and O–H groups in total. The summed E-state index contributed by atoms with van der Waals surface area (Å²) >= 11 is 0. The number of aliphatic carboxylic acids is 1. The monoisotopic (exact) mass is 502 g/mol. The molecule has 186 valence electrons. The summed E-state index contributed by atoms with van der Waals surface area (Å²) in [7, 11) is -3.98. The van der Waals surface area contributed by atoms with Crippen LogP contribution >= 0.6 is 7.75 Å². The summed E-state index contributed by atoms with van der Waals surface area (Å²) in [4.78, 5) is 24.1. The number of ether oxygens (including phenoxy) is 1. The molecule has 1 aliphatic rings. The van der Waals surface area contributed by atoms with Gasteiger partial charge in [-0.2, -0.15) is 15.1 Å². The minimum absolute atomic E-state index is 0.0460. The van der Waals surface area contributed by atoms with E-state index in [1.807, 2.05) is 23.6 Å². The fourth-order valence-electron chi connectivity index (χ4n) is 3.67. The van der Waals surface area contributed by atoms with Gasteiger partial charge in [-0.05, 0) is 32.4 Å². The van der Waals surface area contributed by atoms with E-state index in [4.69, 9.17) is 19.5 Å². The Morgan fingerprint density at radius 2 is 2.09 bits per heavy atom. The SMILES string of the molecule is CCOc1nc(N)nc2c1ncn2[C@H]1C=C[C@@H](CO[P@](=O)(N[C@@H](C)C(=O)O)Oc2ccccc2)C1. The summed E-state index contributed by atoms with van der Waals surface area (Å²) in [6.07, 6.45) is 6.18. The summed E-state index contributed by atoms with van der Waals surface area (Å²) in [5, 5.41) is 11.7. The van der Waals surface area contributed by atoms with E-state index in [0.29, 0.717) is 35.8 Å². The molecule has 0 saturated carbocycles. The van der Waals surface area contributed by atoms with Crippen molar-refractivity contribution in [2.75, 3.05) is 18.9 Å². The normalized spacial score (nSPS) is 19.9. The van der Waals surface area contributed by atoms with Crippen LogP contribution in [0.1, 0.15) is 26.3 Å². The molecule has 4 rings (SSSR count). The first-order valence-corrected chi connectivity index (χ1v) is 12.6. The Bertz CT molecular complexity index is 1270. The van der Waals surface area contributed by atoms with Gasteiger partial charge in [0.1, 0.15) is 11.8 Å². The number of hydrogen-bond donors (Lipinski definition) is 3. The maximum atomic E-state index is 13.4. The Morgan fingerprint density at radius 3 is 2.80 bits per heavy atom. The van der Waals surface area contributed by atoms with Gasteiger partial charge in [-0.15, -0.1) is 0 Å². The van der Waals surface area contributed by atoms with Gasteiger partial charge in [0.05, 0.1) is 25.6 Å². The molecule has 35 heavy (non-hydrogen) atoms. The molecular weight excluding hydrogens is 475 g/mol. The fraction of sp³-hybridized carbons (Fsp3) is 0.364. The lowest BCUT2D eigenvalue weighted by atomic mass is 10.1. The second kappa shape index (κ2) is 10.4. The van der Waals surface area contributed by atoms with Crippen molar-refractivity contribution in [3.63, 3.8) is 0 Å². The number of benzene rings is 1. The van der Waals surface area contributed by atoms with Crippen molar-refractivity contribution in [3.05, 3.63) is 48.8 Å². The molecule has 0 spiro atoms. The van der Waals surface area contributed by atoms with Crippen LogP contribution < -0.4 is 20.1 Å².